The number of hydrogen-bond donors (Lipinski definition) is 0. The number of aromatic nitrogens is 2. The Morgan fingerprint density at radius 1 is 1.05 bits per heavy atom. The average molecular weight is 256 g/mol. The summed E-state index contributed by atoms with van der Waals surface area (Å²) in [5.41, 5.74) is 0.752. The Balaban J connectivity index is 2.17. The minimum Gasteiger partial charge on any atom is -0.456 e. The number of ether oxygens (including phenoxy) is 1. The number of carbonyl (C=O) groups excluding carboxylic acids is 1. The van der Waals surface area contributed by atoms with Gasteiger partial charge in [-0.05, 0) is 20.8 Å². The molecule has 0 radical (unpaired) electrons. The highest BCUT2D eigenvalue weighted by atomic mass is 16.6. The van der Waals surface area contributed by atoms with Crippen molar-refractivity contribution in [2.24, 2.45) is 0 Å². The van der Waals surface area contributed by atoms with E-state index in [9.17, 15) is 4.79 Å². The first-order chi connectivity index (χ1) is 8.96. The molecule has 0 atom stereocenters. The highest BCUT2D eigenvalue weighted by molar-refractivity contribution is 5.89. The van der Waals surface area contributed by atoms with Crippen LogP contribution in [-0.2, 0) is 4.74 Å². The zero-order valence-corrected chi connectivity index (χ0v) is 11.3. The molecule has 19 heavy (non-hydrogen) atoms. The lowest BCUT2D eigenvalue weighted by atomic mass is 10.2. The van der Waals surface area contributed by atoms with Gasteiger partial charge in [-0.2, -0.15) is 0 Å². The highest BCUT2D eigenvalue weighted by Crippen LogP contribution is 2.15. The summed E-state index contributed by atoms with van der Waals surface area (Å²) in [6.07, 6.45) is 2.98. The molecule has 0 N–H and O–H groups in total. The molecule has 4 nitrogen and oxygen atoms in total. The third-order valence-electron chi connectivity index (χ3n) is 2.32. The van der Waals surface area contributed by atoms with Crippen molar-refractivity contribution in [3.63, 3.8) is 0 Å². The minimum atomic E-state index is -0.519. The number of hydrogen-bond acceptors (Lipinski definition) is 4. The van der Waals surface area contributed by atoms with Gasteiger partial charge in [-0.25, -0.2) is 14.8 Å². The van der Waals surface area contributed by atoms with Crippen LogP contribution in [0.15, 0.2) is 42.7 Å². The van der Waals surface area contributed by atoms with E-state index < -0.39 is 11.6 Å². The van der Waals surface area contributed by atoms with Crippen LogP contribution in [0.25, 0.3) is 11.4 Å². The minimum absolute atomic E-state index is 0.356. The standard InChI is InChI=1S/C15H16N2O2/c1-15(2,3)19-14(18)12-9-16-13(17-10-12)11-7-5-4-6-8-11/h4-10H,1-3H3. The number of rotatable bonds is 2. The summed E-state index contributed by atoms with van der Waals surface area (Å²) in [6, 6.07) is 9.60. The van der Waals surface area contributed by atoms with Gasteiger partial charge in [0.1, 0.15) is 5.60 Å². The Morgan fingerprint density at radius 2 is 1.63 bits per heavy atom. The van der Waals surface area contributed by atoms with Crippen molar-refractivity contribution >= 4 is 5.97 Å². The van der Waals surface area contributed by atoms with Gasteiger partial charge < -0.3 is 4.74 Å². The fourth-order valence-corrected chi connectivity index (χ4v) is 1.51. The third kappa shape index (κ3) is 3.61. The van der Waals surface area contributed by atoms with Gasteiger partial charge in [0, 0.05) is 18.0 Å². The molecule has 0 aliphatic carbocycles. The van der Waals surface area contributed by atoms with Crippen molar-refractivity contribution < 1.29 is 9.53 Å². The summed E-state index contributed by atoms with van der Waals surface area (Å²) >= 11 is 0. The summed E-state index contributed by atoms with van der Waals surface area (Å²) < 4.78 is 5.25. The predicted molar refractivity (Wildman–Crippen MR) is 72.6 cm³/mol. The topological polar surface area (TPSA) is 52.1 Å². The zero-order chi connectivity index (χ0) is 13.9. The largest absolute Gasteiger partial charge is 0.456 e. The Hall–Kier alpha value is -2.23. The van der Waals surface area contributed by atoms with Crippen molar-refractivity contribution in [3.8, 4) is 11.4 Å². The summed E-state index contributed by atoms with van der Waals surface area (Å²) in [4.78, 5) is 20.2. The second kappa shape index (κ2) is 5.18. The molecule has 0 fully saturated rings. The van der Waals surface area contributed by atoms with Gasteiger partial charge in [-0.1, -0.05) is 30.3 Å². The lowest BCUT2D eigenvalue weighted by molar-refractivity contribution is 0.00686. The maximum absolute atomic E-state index is 11.8. The van der Waals surface area contributed by atoms with E-state index in [1.165, 1.54) is 12.4 Å². The molecule has 1 aromatic heterocycles. The smallest absolute Gasteiger partial charge is 0.341 e. The third-order valence-corrected chi connectivity index (χ3v) is 2.32. The van der Waals surface area contributed by atoms with Crippen molar-refractivity contribution in [2.45, 2.75) is 26.4 Å². The van der Waals surface area contributed by atoms with E-state index in [4.69, 9.17) is 4.74 Å². The van der Waals surface area contributed by atoms with Crippen LogP contribution in [0.4, 0.5) is 0 Å². The van der Waals surface area contributed by atoms with E-state index in [-0.39, 0.29) is 0 Å². The SMILES string of the molecule is CC(C)(C)OC(=O)c1cnc(-c2ccccc2)nc1. The van der Waals surface area contributed by atoms with Gasteiger partial charge in [0.05, 0.1) is 5.56 Å². The van der Waals surface area contributed by atoms with Gasteiger partial charge in [0.25, 0.3) is 0 Å². The summed E-state index contributed by atoms with van der Waals surface area (Å²) in [7, 11) is 0. The van der Waals surface area contributed by atoms with E-state index in [1.54, 1.807) is 0 Å². The van der Waals surface area contributed by atoms with Gasteiger partial charge in [0.15, 0.2) is 5.82 Å². The summed E-state index contributed by atoms with van der Waals surface area (Å²) in [6.45, 7) is 5.47. The maximum atomic E-state index is 11.8. The molecule has 0 amide bonds. The molecule has 1 heterocycles. The van der Waals surface area contributed by atoms with Gasteiger partial charge >= 0.3 is 5.97 Å². The Morgan fingerprint density at radius 3 is 2.16 bits per heavy atom. The molecule has 2 aromatic rings. The van der Waals surface area contributed by atoms with Crippen LogP contribution in [0, 0.1) is 0 Å². The van der Waals surface area contributed by atoms with Crippen LogP contribution < -0.4 is 0 Å². The van der Waals surface area contributed by atoms with Crippen molar-refractivity contribution in [1.82, 2.24) is 9.97 Å². The Labute approximate surface area is 112 Å². The lowest BCUT2D eigenvalue weighted by Gasteiger charge is -2.19. The first kappa shape index (κ1) is 13.2. The average Bonchev–Trinajstić information content (AvgIpc) is 2.38. The van der Waals surface area contributed by atoms with Gasteiger partial charge in [-0.3, -0.25) is 0 Å². The first-order valence-corrected chi connectivity index (χ1v) is 6.06. The van der Waals surface area contributed by atoms with Crippen molar-refractivity contribution in [1.29, 1.82) is 0 Å². The van der Waals surface area contributed by atoms with Crippen LogP contribution in [0.2, 0.25) is 0 Å². The number of carbonyl (C=O) groups is 1. The van der Waals surface area contributed by atoms with Crippen molar-refractivity contribution in [3.05, 3.63) is 48.3 Å². The van der Waals surface area contributed by atoms with Crippen LogP contribution in [0.1, 0.15) is 31.1 Å². The number of esters is 1. The van der Waals surface area contributed by atoms with Gasteiger partial charge in [-0.15, -0.1) is 0 Å². The second-order valence-corrected chi connectivity index (χ2v) is 5.16. The van der Waals surface area contributed by atoms with E-state index in [1.807, 2.05) is 51.1 Å². The molecule has 0 aliphatic heterocycles. The fourth-order valence-electron chi connectivity index (χ4n) is 1.51. The molecule has 4 heteroatoms. The fraction of sp³-hybridized carbons (Fsp3) is 0.267. The first-order valence-electron chi connectivity index (χ1n) is 6.06. The van der Waals surface area contributed by atoms with Crippen LogP contribution in [0.3, 0.4) is 0 Å². The Bertz CT molecular complexity index is 557. The maximum Gasteiger partial charge on any atom is 0.341 e. The van der Waals surface area contributed by atoms with E-state index in [2.05, 4.69) is 9.97 Å². The molecule has 0 saturated heterocycles. The van der Waals surface area contributed by atoms with E-state index in [0.717, 1.165) is 5.56 Å². The molecule has 98 valence electrons. The molecule has 0 spiro atoms. The van der Waals surface area contributed by atoms with Crippen LogP contribution >= 0.6 is 0 Å². The molecular weight excluding hydrogens is 240 g/mol. The lowest BCUT2D eigenvalue weighted by Crippen LogP contribution is -2.24. The van der Waals surface area contributed by atoms with E-state index >= 15 is 0 Å². The van der Waals surface area contributed by atoms with Crippen LogP contribution in [-0.4, -0.2) is 21.5 Å². The molecule has 0 saturated carbocycles. The summed E-state index contributed by atoms with van der Waals surface area (Å²) in [5, 5.41) is 0. The molecule has 1 aromatic carbocycles. The molecule has 0 aliphatic rings. The second-order valence-electron chi connectivity index (χ2n) is 5.16. The monoisotopic (exact) mass is 256 g/mol. The molecular formula is C15H16N2O2. The highest BCUT2D eigenvalue weighted by Gasteiger charge is 2.18. The quantitative estimate of drug-likeness (QED) is 0.775. The number of nitrogens with zero attached hydrogens (tertiary/aromatic N) is 2. The van der Waals surface area contributed by atoms with Crippen LogP contribution in [0.5, 0.6) is 0 Å². The normalized spacial score (nSPS) is 11.1. The zero-order valence-electron chi connectivity index (χ0n) is 11.3. The van der Waals surface area contributed by atoms with E-state index in [0.29, 0.717) is 11.4 Å². The predicted octanol–water partition coefficient (Wildman–Crippen LogP) is 3.10. The van der Waals surface area contributed by atoms with Crippen molar-refractivity contribution in [2.75, 3.05) is 0 Å². The number of benzene rings is 1. The molecule has 0 bridgehead atoms. The Kier molecular flexibility index (Phi) is 3.60. The summed E-state index contributed by atoms with van der Waals surface area (Å²) in [5.74, 6) is 0.181. The van der Waals surface area contributed by atoms with Gasteiger partial charge in [0.2, 0.25) is 0 Å². The molecule has 2 rings (SSSR count). The molecule has 0 unspecified atom stereocenters.